The summed E-state index contributed by atoms with van der Waals surface area (Å²) in [4.78, 5) is 13.1. The second kappa shape index (κ2) is 7.72. The van der Waals surface area contributed by atoms with Crippen molar-refractivity contribution in [1.82, 2.24) is 4.31 Å². The van der Waals surface area contributed by atoms with Crippen LogP contribution >= 0.6 is 15.9 Å². The van der Waals surface area contributed by atoms with E-state index >= 15 is 0 Å². The molecule has 1 aliphatic heterocycles. The molecule has 0 bridgehead atoms. The summed E-state index contributed by atoms with van der Waals surface area (Å²) in [5.74, 6) is -4.34. The molecule has 2 aromatic carbocycles. The zero-order chi connectivity index (χ0) is 20.6. The number of sulfonamides is 1. The minimum atomic E-state index is -4.09. The summed E-state index contributed by atoms with van der Waals surface area (Å²) in [6.07, 6.45) is 0. The maximum Gasteiger partial charge on any atom is 0.325 e. The number of carbonyl (C=O) groups is 1. The smallest absolute Gasteiger partial charge is 0.325 e. The number of anilines is 1. The van der Waals surface area contributed by atoms with Crippen molar-refractivity contribution in [3.05, 3.63) is 57.8 Å². The Morgan fingerprint density at radius 2 is 1.82 bits per heavy atom. The van der Waals surface area contributed by atoms with Crippen LogP contribution in [-0.4, -0.2) is 39.0 Å². The first-order valence-electron chi connectivity index (χ1n) is 7.88. The molecule has 0 atom stereocenters. The van der Waals surface area contributed by atoms with Gasteiger partial charge in [-0.15, -0.1) is 0 Å². The zero-order valence-corrected chi connectivity index (χ0v) is 16.9. The average Bonchev–Trinajstić information content (AvgIpc) is 2.63. The van der Waals surface area contributed by atoms with Crippen LogP contribution < -0.4 is 4.90 Å². The van der Waals surface area contributed by atoms with Gasteiger partial charge in [0, 0.05) is 22.6 Å². The van der Waals surface area contributed by atoms with E-state index in [4.69, 9.17) is 0 Å². The lowest BCUT2D eigenvalue weighted by Crippen LogP contribution is -2.48. The number of nitrogens with zero attached hydrogens (tertiary/aromatic N) is 2. The topological polar surface area (TPSA) is 66.9 Å². The molecule has 0 aliphatic carbocycles. The number of fused-ring (bicyclic) bond motifs is 1. The van der Waals surface area contributed by atoms with E-state index in [9.17, 15) is 26.4 Å². The van der Waals surface area contributed by atoms with Gasteiger partial charge in [0.05, 0.1) is 19.5 Å². The maximum atomic E-state index is 14.0. The number of halogens is 4. The van der Waals surface area contributed by atoms with Gasteiger partial charge in [0.15, 0.2) is 11.6 Å². The largest absolute Gasteiger partial charge is 0.468 e. The lowest BCUT2D eigenvalue weighted by Gasteiger charge is -2.37. The number of hydrogen-bond donors (Lipinski definition) is 0. The molecule has 0 radical (unpaired) electrons. The third-order valence-corrected chi connectivity index (χ3v) is 6.49. The summed E-state index contributed by atoms with van der Waals surface area (Å²) in [5.41, 5.74) is -0.0606. The Morgan fingerprint density at radius 1 is 1.14 bits per heavy atom. The molecule has 150 valence electrons. The van der Waals surface area contributed by atoms with Crippen molar-refractivity contribution in [2.24, 2.45) is 0 Å². The molecular formula is C17H14BrF3N2O4S. The van der Waals surface area contributed by atoms with Crippen molar-refractivity contribution in [3.63, 3.8) is 0 Å². The molecular weight excluding hydrogens is 465 g/mol. The first-order valence-corrected chi connectivity index (χ1v) is 10.1. The number of carbonyl (C=O) groups excluding carboxylic acids is 1. The van der Waals surface area contributed by atoms with E-state index in [1.165, 1.54) is 24.1 Å². The van der Waals surface area contributed by atoms with Crippen LogP contribution in [0.2, 0.25) is 0 Å². The van der Waals surface area contributed by atoms with Gasteiger partial charge in [0.1, 0.15) is 17.3 Å². The molecule has 0 N–H and O–H groups in total. The predicted octanol–water partition coefficient (Wildman–Crippen LogP) is 3.01. The van der Waals surface area contributed by atoms with Crippen molar-refractivity contribution in [2.75, 3.05) is 25.2 Å². The summed E-state index contributed by atoms with van der Waals surface area (Å²) in [5, 5.41) is 0. The van der Waals surface area contributed by atoms with Crippen molar-refractivity contribution >= 4 is 37.6 Å². The molecule has 0 aromatic heterocycles. The van der Waals surface area contributed by atoms with E-state index in [-0.39, 0.29) is 29.4 Å². The van der Waals surface area contributed by atoms with Gasteiger partial charge in [-0.2, -0.15) is 4.31 Å². The Labute approximate surface area is 167 Å². The summed E-state index contributed by atoms with van der Waals surface area (Å²) in [6.45, 7) is -1.10. The quantitative estimate of drug-likeness (QED) is 0.499. The molecule has 1 heterocycles. The molecule has 2 aromatic rings. The number of methoxy groups -OCH3 is 1. The van der Waals surface area contributed by atoms with Crippen LogP contribution in [-0.2, 0) is 26.1 Å². The molecule has 1 aliphatic rings. The lowest BCUT2D eigenvalue weighted by molar-refractivity contribution is -0.139. The van der Waals surface area contributed by atoms with Gasteiger partial charge < -0.3 is 9.64 Å². The van der Waals surface area contributed by atoms with Gasteiger partial charge >= 0.3 is 5.97 Å². The Bertz CT molecular complexity index is 1050. The minimum absolute atomic E-state index is 0.111. The van der Waals surface area contributed by atoms with Crippen molar-refractivity contribution in [1.29, 1.82) is 0 Å². The summed E-state index contributed by atoms with van der Waals surface area (Å²) in [7, 11) is -2.90. The fourth-order valence-electron chi connectivity index (χ4n) is 2.80. The number of esters is 1. The van der Waals surface area contributed by atoms with Gasteiger partial charge in [0.25, 0.3) is 0 Å². The minimum Gasteiger partial charge on any atom is -0.468 e. The van der Waals surface area contributed by atoms with Gasteiger partial charge in [0.2, 0.25) is 10.0 Å². The molecule has 0 saturated heterocycles. The van der Waals surface area contributed by atoms with Crippen LogP contribution in [0.1, 0.15) is 5.56 Å². The Balaban J connectivity index is 2.05. The zero-order valence-electron chi connectivity index (χ0n) is 14.5. The highest BCUT2D eigenvalue weighted by Gasteiger charge is 2.37. The molecule has 11 heteroatoms. The molecule has 3 rings (SSSR count). The van der Waals surface area contributed by atoms with Gasteiger partial charge in [-0.25, -0.2) is 21.6 Å². The van der Waals surface area contributed by atoms with E-state index in [1.807, 2.05) is 0 Å². The normalized spacial score (nSPS) is 16.0. The van der Waals surface area contributed by atoms with Gasteiger partial charge in [-0.05, 0) is 24.3 Å². The lowest BCUT2D eigenvalue weighted by atomic mass is 10.2. The Hall–Kier alpha value is -2.11. The van der Waals surface area contributed by atoms with Crippen LogP contribution in [0, 0.1) is 17.5 Å². The third kappa shape index (κ3) is 3.87. The van der Waals surface area contributed by atoms with Crippen molar-refractivity contribution in [2.45, 2.75) is 11.4 Å². The van der Waals surface area contributed by atoms with E-state index in [0.717, 1.165) is 4.31 Å². The predicted molar refractivity (Wildman–Crippen MR) is 97.4 cm³/mol. The van der Waals surface area contributed by atoms with Gasteiger partial charge in [-0.3, -0.25) is 4.79 Å². The van der Waals surface area contributed by atoms with Gasteiger partial charge in [-0.1, -0.05) is 15.9 Å². The van der Waals surface area contributed by atoms with Crippen LogP contribution in [0.5, 0.6) is 0 Å². The molecule has 0 fully saturated rings. The molecule has 0 spiro atoms. The number of hydrogen-bond acceptors (Lipinski definition) is 5. The highest BCUT2D eigenvalue weighted by atomic mass is 79.9. The third-order valence-electron chi connectivity index (χ3n) is 4.19. The first-order chi connectivity index (χ1) is 13.1. The summed E-state index contributed by atoms with van der Waals surface area (Å²) < 4.78 is 72.7. The molecule has 0 amide bonds. The second-order valence-corrected chi connectivity index (χ2v) is 8.82. The standard InChI is InChI=1S/C17H14BrF3N2O4S/c1-27-17(24)8-22-9-23(7-10-4-13(20)14(21)6-12(10)19)28(25,26)16-5-11(18)2-3-15(16)22/h2-6H,7-9H2,1H3. The molecule has 28 heavy (non-hydrogen) atoms. The van der Waals surface area contributed by atoms with Crippen LogP contribution in [0.15, 0.2) is 39.7 Å². The van der Waals surface area contributed by atoms with E-state index in [0.29, 0.717) is 16.6 Å². The molecule has 6 nitrogen and oxygen atoms in total. The summed E-state index contributed by atoms with van der Waals surface area (Å²) >= 11 is 3.20. The van der Waals surface area contributed by atoms with Crippen LogP contribution in [0.25, 0.3) is 0 Å². The monoisotopic (exact) mass is 478 g/mol. The highest BCUT2D eigenvalue weighted by molar-refractivity contribution is 9.10. The average molecular weight is 479 g/mol. The van der Waals surface area contributed by atoms with Crippen molar-refractivity contribution < 1.29 is 31.1 Å². The Morgan fingerprint density at radius 3 is 2.50 bits per heavy atom. The first kappa shape index (κ1) is 20.6. The second-order valence-electron chi connectivity index (χ2n) is 6.00. The van der Waals surface area contributed by atoms with E-state index in [2.05, 4.69) is 20.7 Å². The van der Waals surface area contributed by atoms with Crippen LogP contribution in [0.4, 0.5) is 18.9 Å². The maximum absolute atomic E-state index is 14.0. The van der Waals surface area contributed by atoms with E-state index < -0.39 is 40.0 Å². The number of rotatable bonds is 4. The Kier molecular flexibility index (Phi) is 5.69. The fraction of sp³-hybridized carbons (Fsp3) is 0.235. The molecule has 0 unspecified atom stereocenters. The van der Waals surface area contributed by atoms with E-state index in [1.54, 1.807) is 6.07 Å². The van der Waals surface area contributed by atoms with Crippen LogP contribution in [0.3, 0.4) is 0 Å². The number of ether oxygens (including phenoxy) is 1. The molecule has 0 saturated carbocycles. The summed E-state index contributed by atoms with van der Waals surface area (Å²) in [6, 6.07) is 5.46. The highest BCUT2D eigenvalue weighted by Crippen LogP contribution is 2.36. The fourth-order valence-corrected chi connectivity index (χ4v) is 4.93. The SMILES string of the molecule is COC(=O)CN1CN(Cc2cc(F)c(F)cc2F)S(=O)(=O)c2cc(Br)ccc21. The van der Waals surface area contributed by atoms with Crippen molar-refractivity contribution in [3.8, 4) is 0 Å². The number of benzene rings is 2.